The molecular formula is C13H16N4O4. The number of carbonyl (C=O) groups is 2. The first-order valence-corrected chi connectivity index (χ1v) is 6.70. The summed E-state index contributed by atoms with van der Waals surface area (Å²) in [5.74, 6) is 0.162. The van der Waals surface area contributed by atoms with Crippen molar-refractivity contribution < 1.29 is 19.4 Å². The van der Waals surface area contributed by atoms with Gasteiger partial charge in [0.2, 0.25) is 5.88 Å². The zero-order valence-corrected chi connectivity index (χ0v) is 11.6. The van der Waals surface area contributed by atoms with E-state index in [4.69, 9.17) is 9.84 Å². The summed E-state index contributed by atoms with van der Waals surface area (Å²) in [4.78, 5) is 30.3. The fourth-order valence-corrected chi connectivity index (χ4v) is 2.68. The molecule has 0 radical (unpaired) electrons. The maximum absolute atomic E-state index is 11.6. The highest BCUT2D eigenvalue weighted by Gasteiger charge is 2.35. The molecule has 0 bridgehead atoms. The molecule has 3 rings (SSSR count). The smallest absolute Gasteiger partial charge is 0.407 e. The molecule has 2 aliphatic rings. The number of piperazine rings is 1. The van der Waals surface area contributed by atoms with Crippen molar-refractivity contribution >= 4 is 17.7 Å². The molecule has 0 aromatic carbocycles. The Bertz CT molecular complexity index is 592. The van der Waals surface area contributed by atoms with Crippen LogP contribution in [0.4, 0.5) is 10.5 Å². The van der Waals surface area contributed by atoms with Crippen LogP contribution < -0.4 is 15.0 Å². The third kappa shape index (κ3) is 2.32. The summed E-state index contributed by atoms with van der Waals surface area (Å²) >= 11 is 0. The molecule has 1 atom stereocenters. The first-order valence-electron chi connectivity index (χ1n) is 6.70. The highest BCUT2D eigenvalue weighted by molar-refractivity contribution is 5.92. The van der Waals surface area contributed by atoms with Gasteiger partial charge in [-0.25, -0.2) is 9.78 Å². The number of anilines is 1. The number of amides is 2. The molecule has 3 heterocycles. The van der Waals surface area contributed by atoms with Crippen LogP contribution in [0.3, 0.4) is 0 Å². The van der Waals surface area contributed by atoms with Gasteiger partial charge in [0.15, 0.2) is 0 Å². The normalized spacial score (nSPS) is 20.1. The van der Waals surface area contributed by atoms with Crippen molar-refractivity contribution in [2.75, 3.05) is 38.2 Å². The fraction of sp³-hybridized carbons (Fsp3) is 0.462. The molecule has 1 aromatic rings. The van der Waals surface area contributed by atoms with E-state index in [0.717, 1.165) is 5.69 Å². The lowest BCUT2D eigenvalue weighted by Gasteiger charge is -2.44. The van der Waals surface area contributed by atoms with Gasteiger partial charge in [-0.05, 0) is 12.1 Å². The van der Waals surface area contributed by atoms with Crippen molar-refractivity contribution in [3.8, 4) is 5.88 Å². The Morgan fingerprint density at radius 2 is 2.24 bits per heavy atom. The fourth-order valence-electron chi connectivity index (χ4n) is 2.68. The number of rotatable bonds is 1. The number of hydrogen-bond donors (Lipinski definition) is 2. The van der Waals surface area contributed by atoms with Crippen LogP contribution in [-0.4, -0.2) is 66.3 Å². The van der Waals surface area contributed by atoms with Crippen molar-refractivity contribution in [1.29, 1.82) is 0 Å². The zero-order valence-electron chi connectivity index (χ0n) is 11.6. The van der Waals surface area contributed by atoms with E-state index in [1.807, 2.05) is 0 Å². The number of pyridine rings is 1. The monoisotopic (exact) mass is 292 g/mol. The largest absolute Gasteiger partial charge is 0.474 e. The van der Waals surface area contributed by atoms with E-state index >= 15 is 0 Å². The molecule has 0 spiro atoms. The summed E-state index contributed by atoms with van der Waals surface area (Å²) in [5.41, 5.74) is 1.11. The molecule has 2 N–H and O–H groups in total. The number of aromatic nitrogens is 1. The molecule has 1 aromatic heterocycles. The van der Waals surface area contributed by atoms with Crippen LogP contribution in [0.1, 0.15) is 10.5 Å². The van der Waals surface area contributed by atoms with Gasteiger partial charge in [0.05, 0.1) is 6.04 Å². The van der Waals surface area contributed by atoms with Crippen LogP contribution in [0.5, 0.6) is 5.88 Å². The number of fused-ring (bicyclic) bond motifs is 3. The summed E-state index contributed by atoms with van der Waals surface area (Å²) < 4.78 is 5.60. The highest BCUT2D eigenvalue weighted by Crippen LogP contribution is 2.33. The van der Waals surface area contributed by atoms with Crippen LogP contribution in [0.15, 0.2) is 12.1 Å². The van der Waals surface area contributed by atoms with Crippen molar-refractivity contribution in [3.05, 3.63) is 17.8 Å². The lowest BCUT2D eigenvalue weighted by molar-refractivity contribution is 0.0954. The Morgan fingerprint density at radius 1 is 1.43 bits per heavy atom. The van der Waals surface area contributed by atoms with Crippen LogP contribution in [-0.2, 0) is 0 Å². The van der Waals surface area contributed by atoms with E-state index in [2.05, 4.69) is 15.2 Å². The number of carbonyl (C=O) groups excluding carboxylic acids is 1. The van der Waals surface area contributed by atoms with E-state index in [0.29, 0.717) is 37.8 Å². The Hall–Kier alpha value is -2.51. The third-order valence-electron chi connectivity index (χ3n) is 3.78. The predicted octanol–water partition coefficient (Wildman–Crippen LogP) is 0.00220. The second-order valence-electron chi connectivity index (χ2n) is 4.99. The van der Waals surface area contributed by atoms with Gasteiger partial charge >= 0.3 is 6.09 Å². The summed E-state index contributed by atoms with van der Waals surface area (Å²) in [6, 6.07) is 3.43. The topological polar surface area (TPSA) is 95.0 Å². The number of hydrogen-bond acceptors (Lipinski definition) is 5. The molecule has 2 amide bonds. The van der Waals surface area contributed by atoms with Crippen molar-refractivity contribution in [1.82, 2.24) is 15.2 Å². The van der Waals surface area contributed by atoms with Gasteiger partial charge in [0, 0.05) is 26.7 Å². The van der Waals surface area contributed by atoms with Gasteiger partial charge < -0.3 is 25.0 Å². The number of nitrogens with one attached hydrogen (secondary N) is 1. The standard InChI is InChI=1S/C13H16N4O4/c1-14-11(18)9-2-3-10-12(15-9)21-7-8-6-16(13(19)20)4-5-17(8)10/h2-3,8H,4-7H2,1H3,(H,14,18)(H,19,20)/t8-/m0/s1. The number of ether oxygens (including phenoxy) is 1. The first-order chi connectivity index (χ1) is 10.1. The zero-order chi connectivity index (χ0) is 15.0. The molecule has 2 aliphatic heterocycles. The summed E-state index contributed by atoms with van der Waals surface area (Å²) in [6.45, 7) is 1.81. The predicted molar refractivity (Wildman–Crippen MR) is 73.9 cm³/mol. The van der Waals surface area contributed by atoms with Crippen LogP contribution in [0.2, 0.25) is 0 Å². The Labute approximate surface area is 121 Å². The minimum Gasteiger partial charge on any atom is -0.474 e. The lowest BCUT2D eigenvalue weighted by Crippen LogP contribution is -2.58. The Morgan fingerprint density at radius 3 is 2.95 bits per heavy atom. The quantitative estimate of drug-likeness (QED) is 0.756. The van der Waals surface area contributed by atoms with Crippen molar-refractivity contribution in [2.24, 2.45) is 0 Å². The molecular weight excluding hydrogens is 276 g/mol. The van der Waals surface area contributed by atoms with E-state index in [9.17, 15) is 9.59 Å². The molecule has 1 saturated heterocycles. The van der Waals surface area contributed by atoms with Crippen LogP contribution >= 0.6 is 0 Å². The Kier molecular flexibility index (Phi) is 3.28. The first kappa shape index (κ1) is 13.5. The second-order valence-corrected chi connectivity index (χ2v) is 4.99. The number of nitrogens with zero attached hydrogens (tertiary/aromatic N) is 3. The van der Waals surface area contributed by atoms with E-state index < -0.39 is 6.09 Å². The van der Waals surface area contributed by atoms with Gasteiger partial charge in [-0.15, -0.1) is 0 Å². The molecule has 112 valence electrons. The average Bonchev–Trinajstić information content (AvgIpc) is 2.52. The minimum absolute atomic E-state index is 0.0185. The summed E-state index contributed by atoms with van der Waals surface area (Å²) in [6.07, 6.45) is -0.909. The van der Waals surface area contributed by atoms with Crippen molar-refractivity contribution in [3.63, 3.8) is 0 Å². The maximum Gasteiger partial charge on any atom is 0.407 e. The molecule has 0 saturated carbocycles. The second kappa shape index (κ2) is 5.12. The summed E-state index contributed by atoms with van der Waals surface area (Å²) in [7, 11) is 1.55. The van der Waals surface area contributed by atoms with Gasteiger partial charge in [-0.1, -0.05) is 0 Å². The van der Waals surface area contributed by atoms with Crippen LogP contribution in [0, 0.1) is 0 Å². The molecule has 1 fully saturated rings. The van der Waals surface area contributed by atoms with E-state index in [-0.39, 0.29) is 11.9 Å². The van der Waals surface area contributed by atoms with Gasteiger partial charge in [0.1, 0.15) is 18.0 Å². The van der Waals surface area contributed by atoms with Gasteiger partial charge in [-0.3, -0.25) is 4.79 Å². The maximum atomic E-state index is 11.6. The summed E-state index contributed by atoms with van der Waals surface area (Å²) in [5, 5.41) is 11.6. The molecule has 8 heteroatoms. The minimum atomic E-state index is -0.909. The number of carboxylic acid groups (broad SMARTS) is 1. The van der Waals surface area contributed by atoms with E-state index in [1.54, 1.807) is 19.2 Å². The Balaban J connectivity index is 1.84. The van der Waals surface area contributed by atoms with Gasteiger partial charge in [0.25, 0.3) is 5.91 Å². The SMILES string of the molecule is CNC(=O)c1ccc2c(n1)OC[C@@H]1CN(C(=O)O)CCN21. The lowest BCUT2D eigenvalue weighted by atomic mass is 10.1. The van der Waals surface area contributed by atoms with Gasteiger partial charge in [-0.2, -0.15) is 0 Å². The third-order valence-corrected chi connectivity index (χ3v) is 3.78. The van der Waals surface area contributed by atoms with Crippen molar-refractivity contribution in [2.45, 2.75) is 6.04 Å². The molecule has 21 heavy (non-hydrogen) atoms. The van der Waals surface area contributed by atoms with E-state index in [1.165, 1.54) is 4.90 Å². The average molecular weight is 292 g/mol. The van der Waals surface area contributed by atoms with Crippen LogP contribution in [0.25, 0.3) is 0 Å². The molecule has 0 unspecified atom stereocenters. The molecule has 0 aliphatic carbocycles. The highest BCUT2D eigenvalue weighted by atomic mass is 16.5. The molecule has 8 nitrogen and oxygen atoms in total.